The number of rotatable bonds is 3. The number of ketones is 1. The molecule has 0 atom stereocenters. The Labute approximate surface area is 120 Å². The fourth-order valence-corrected chi connectivity index (χ4v) is 2.18. The van der Waals surface area contributed by atoms with Gasteiger partial charge in [-0.1, -0.05) is 43.0 Å². The molecular formula is C16H10O3S. The Morgan fingerprint density at radius 2 is 1.70 bits per heavy atom. The second-order valence-corrected chi connectivity index (χ2v) is 4.77. The number of carbonyl (C=O) groups is 2. The third-order valence-electron chi connectivity index (χ3n) is 3.03. The molecule has 0 bridgehead atoms. The third kappa shape index (κ3) is 2.26. The normalized spacial score (nSPS) is 10.7. The molecule has 0 saturated heterocycles. The number of fused-ring (bicyclic) bond motifs is 1. The molecule has 0 aliphatic carbocycles. The quantitative estimate of drug-likeness (QED) is 0.452. The number of hydrogen-bond donors (Lipinski definition) is 1. The van der Waals surface area contributed by atoms with E-state index < -0.39 is 10.9 Å². The van der Waals surface area contributed by atoms with Gasteiger partial charge in [-0.25, -0.2) is 0 Å². The topological polar surface area (TPSA) is 47.3 Å². The van der Waals surface area contributed by atoms with Crippen molar-refractivity contribution in [3.63, 3.8) is 0 Å². The molecule has 2 aromatic carbocycles. The van der Waals surface area contributed by atoms with Crippen molar-refractivity contribution in [3.05, 3.63) is 60.2 Å². The molecule has 1 heterocycles. The van der Waals surface area contributed by atoms with Crippen molar-refractivity contribution in [2.24, 2.45) is 0 Å². The van der Waals surface area contributed by atoms with E-state index in [0.29, 0.717) is 11.1 Å². The average molecular weight is 282 g/mol. The largest absolute Gasteiger partial charge is 0.456 e. The van der Waals surface area contributed by atoms with E-state index in [4.69, 9.17) is 4.42 Å². The van der Waals surface area contributed by atoms with Crippen LogP contribution < -0.4 is 0 Å². The summed E-state index contributed by atoms with van der Waals surface area (Å²) in [6.45, 7) is 0. The SMILES string of the molecule is O=C(S)C(=O)c1ccc2oc(-c3ccccc3)cc2c1. The van der Waals surface area contributed by atoms with Crippen LogP contribution in [0.3, 0.4) is 0 Å². The molecule has 0 aliphatic heterocycles. The number of carbonyl (C=O) groups excluding carboxylic acids is 2. The zero-order chi connectivity index (χ0) is 14.1. The molecule has 0 amide bonds. The minimum absolute atomic E-state index is 0.318. The molecule has 0 radical (unpaired) electrons. The fraction of sp³-hybridized carbons (Fsp3) is 0. The maximum absolute atomic E-state index is 11.6. The monoisotopic (exact) mass is 282 g/mol. The summed E-state index contributed by atoms with van der Waals surface area (Å²) in [5, 5.41) is 0.0143. The van der Waals surface area contributed by atoms with Gasteiger partial charge in [0.25, 0.3) is 5.12 Å². The molecule has 4 heteroatoms. The highest BCUT2D eigenvalue weighted by Gasteiger charge is 2.14. The highest BCUT2D eigenvalue weighted by molar-refractivity contribution is 7.99. The van der Waals surface area contributed by atoms with Crippen LogP contribution in [0.5, 0.6) is 0 Å². The van der Waals surface area contributed by atoms with Crippen LogP contribution in [0.4, 0.5) is 0 Å². The van der Waals surface area contributed by atoms with Crippen molar-refractivity contribution in [2.45, 2.75) is 0 Å². The van der Waals surface area contributed by atoms with Gasteiger partial charge in [-0.3, -0.25) is 9.59 Å². The number of Topliss-reactive ketones (excluding diaryl/α,β-unsaturated/α-hetero) is 1. The molecule has 0 aliphatic rings. The summed E-state index contributed by atoms with van der Waals surface area (Å²) in [7, 11) is 0. The van der Waals surface area contributed by atoms with Crippen LogP contribution in [-0.4, -0.2) is 10.9 Å². The van der Waals surface area contributed by atoms with Gasteiger partial charge in [-0.15, -0.1) is 0 Å². The molecule has 3 rings (SSSR count). The smallest absolute Gasteiger partial charge is 0.256 e. The van der Waals surface area contributed by atoms with Gasteiger partial charge in [0.05, 0.1) is 0 Å². The maximum atomic E-state index is 11.6. The van der Waals surface area contributed by atoms with E-state index in [1.54, 1.807) is 18.2 Å². The zero-order valence-electron chi connectivity index (χ0n) is 10.4. The van der Waals surface area contributed by atoms with Crippen LogP contribution in [0, 0.1) is 0 Å². The first-order valence-corrected chi connectivity index (χ1v) is 6.46. The minimum atomic E-state index is -0.767. The lowest BCUT2D eigenvalue weighted by atomic mass is 10.1. The molecule has 0 unspecified atom stereocenters. The summed E-state index contributed by atoms with van der Waals surface area (Å²) in [5.41, 5.74) is 1.95. The molecule has 0 N–H and O–H groups in total. The van der Waals surface area contributed by atoms with Gasteiger partial charge in [-0.2, -0.15) is 0 Å². The lowest BCUT2D eigenvalue weighted by Gasteiger charge is -1.95. The van der Waals surface area contributed by atoms with Crippen molar-refractivity contribution >= 4 is 34.5 Å². The van der Waals surface area contributed by atoms with E-state index in [1.807, 2.05) is 36.4 Å². The average Bonchev–Trinajstić information content (AvgIpc) is 2.90. The van der Waals surface area contributed by atoms with E-state index in [9.17, 15) is 9.59 Å². The number of hydrogen-bond acceptors (Lipinski definition) is 3. The van der Waals surface area contributed by atoms with E-state index in [0.717, 1.165) is 16.7 Å². The second kappa shape index (κ2) is 4.98. The summed E-state index contributed by atoms with van der Waals surface area (Å²) >= 11 is 3.55. The van der Waals surface area contributed by atoms with Crippen molar-refractivity contribution in [1.82, 2.24) is 0 Å². The summed E-state index contributed by atoms with van der Waals surface area (Å²) < 4.78 is 5.73. The molecule has 3 aromatic rings. The van der Waals surface area contributed by atoms with Gasteiger partial charge in [0, 0.05) is 16.5 Å². The molecule has 3 nitrogen and oxygen atoms in total. The Hall–Kier alpha value is -2.33. The lowest BCUT2D eigenvalue weighted by Crippen LogP contribution is -2.06. The van der Waals surface area contributed by atoms with Gasteiger partial charge in [0.15, 0.2) is 0 Å². The summed E-state index contributed by atoms with van der Waals surface area (Å²) in [4.78, 5) is 22.6. The van der Waals surface area contributed by atoms with E-state index in [1.165, 1.54) is 0 Å². The Morgan fingerprint density at radius 3 is 2.40 bits per heavy atom. The predicted octanol–water partition coefficient (Wildman–Crippen LogP) is 3.74. The highest BCUT2D eigenvalue weighted by atomic mass is 32.1. The van der Waals surface area contributed by atoms with E-state index in [2.05, 4.69) is 12.6 Å². The van der Waals surface area contributed by atoms with Crippen LogP contribution in [0.2, 0.25) is 0 Å². The van der Waals surface area contributed by atoms with Crippen molar-refractivity contribution in [2.75, 3.05) is 0 Å². The van der Waals surface area contributed by atoms with E-state index >= 15 is 0 Å². The first-order valence-electron chi connectivity index (χ1n) is 6.02. The molecule has 0 saturated carbocycles. The predicted molar refractivity (Wildman–Crippen MR) is 80.0 cm³/mol. The van der Waals surface area contributed by atoms with Crippen LogP contribution in [0.1, 0.15) is 10.4 Å². The van der Waals surface area contributed by atoms with Gasteiger partial charge in [0.2, 0.25) is 5.78 Å². The number of furan rings is 1. The standard InChI is InChI=1S/C16H10O3S/c17-15(16(18)20)11-6-7-13-12(8-11)9-14(19-13)10-4-2-1-3-5-10/h1-9H,(H,18,20). The molecule has 0 fully saturated rings. The van der Waals surface area contributed by atoms with Gasteiger partial charge >= 0.3 is 0 Å². The molecular weight excluding hydrogens is 272 g/mol. The maximum Gasteiger partial charge on any atom is 0.256 e. The minimum Gasteiger partial charge on any atom is -0.456 e. The molecule has 20 heavy (non-hydrogen) atoms. The van der Waals surface area contributed by atoms with Crippen LogP contribution in [0.15, 0.2) is 59.0 Å². The molecule has 0 spiro atoms. The third-order valence-corrected chi connectivity index (χ3v) is 3.23. The van der Waals surface area contributed by atoms with Crippen LogP contribution in [-0.2, 0) is 4.79 Å². The summed E-state index contributed by atoms with van der Waals surface area (Å²) in [6.07, 6.45) is 0. The zero-order valence-corrected chi connectivity index (χ0v) is 11.3. The summed E-state index contributed by atoms with van der Waals surface area (Å²) in [5.74, 6) is 0.111. The van der Waals surface area contributed by atoms with Crippen molar-refractivity contribution < 1.29 is 14.0 Å². The van der Waals surface area contributed by atoms with Crippen molar-refractivity contribution in [1.29, 1.82) is 0 Å². The number of benzene rings is 2. The van der Waals surface area contributed by atoms with Crippen LogP contribution >= 0.6 is 12.6 Å². The van der Waals surface area contributed by atoms with Gasteiger partial charge < -0.3 is 4.42 Å². The summed E-state index contributed by atoms with van der Waals surface area (Å²) in [6, 6.07) is 16.4. The number of thiol groups is 1. The Balaban J connectivity index is 2.08. The second-order valence-electron chi connectivity index (χ2n) is 4.36. The lowest BCUT2D eigenvalue weighted by molar-refractivity contribution is -0.107. The highest BCUT2D eigenvalue weighted by Crippen LogP contribution is 2.28. The van der Waals surface area contributed by atoms with Crippen molar-refractivity contribution in [3.8, 4) is 11.3 Å². The Bertz CT molecular complexity index is 803. The molecule has 1 aromatic heterocycles. The fourth-order valence-electron chi connectivity index (χ4n) is 2.05. The van der Waals surface area contributed by atoms with Gasteiger partial charge in [0.1, 0.15) is 11.3 Å². The first-order chi connectivity index (χ1) is 9.65. The molecule has 98 valence electrons. The first kappa shape index (κ1) is 12.7. The van der Waals surface area contributed by atoms with Crippen LogP contribution in [0.25, 0.3) is 22.3 Å². The van der Waals surface area contributed by atoms with E-state index in [-0.39, 0.29) is 0 Å². The Morgan fingerprint density at radius 1 is 0.950 bits per heavy atom. The Kier molecular flexibility index (Phi) is 3.16. The van der Waals surface area contributed by atoms with Gasteiger partial charge in [-0.05, 0) is 24.3 Å².